The summed E-state index contributed by atoms with van der Waals surface area (Å²) < 4.78 is 13.0. The molecule has 1 aromatic heterocycles. The first-order valence-electron chi connectivity index (χ1n) is 10.4. The molecule has 0 bridgehead atoms. The second-order valence-corrected chi connectivity index (χ2v) is 8.18. The van der Waals surface area contributed by atoms with Crippen molar-refractivity contribution in [2.45, 2.75) is 18.7 Å². The van der Waals surface area contributed by atoms with Gasteiger partial charge < -0.3 is 14.8 Å². The highest BCUT2D eigenvalue weighted by Gasteiger charge is 2.17. The lowest BCUT2D eigenvalue weighted by molar-refractivity contribution is -0.113. The summed E-state index contributed by atoms with van der Waals surface area (Å²) >= 11 is 1.32. The molecule has 0 aliphatic rings. The predicted octanol–water partition coefficient (Wildman–Crippen LogP) is 4.89. The van der Waals surface area contributed by atoms with Crippen LogP contribution < -0.4 is 14.8 Å². The van der Waals surface area contributed by atoms with Crippen LogP contribution in [0.15, 0.2) is 84.0 Å². The average molecular weight is 461 g/mol. The van der Waals surface area contributed by atoms with Crippen molar-refractivity contribution >= 4 is 23.4 Å². The van der Waals surface area contributed by atoms with Gasteiger partial charge in [-0.1, -0.05) is 47.7 Å². The number of para-hydroxylation sites is 1. The van der Waals surface area contributed by atoms with E-state index in [4.69, 9.17) is 9.47 Å². The minimum Gasteiger partial charge on any atom is -0.497 e. The number of aromatic nitrogens is 3. The normalized spacial score (nSPS) is 10.6. The first kappa shape index (κ1) is 22.4. The highest BCUT2D eigenvalue weighted by molar-refractivity contribution is 7.99. The van der Waals surface area contributed by atoms with E-state index in [0.717, 1.165) is 22.7 Å². The Bertz CT molecular complexity index is 1190. The smallest absolute Gasteiger partial charge is 0.234 e. The molecule has 7 nitrogen and oxygen atoms in total. The van der Waals surface area contributed by atoms with Crippen LogP contribution >= 0.6 is 11.8 Å². The standard InChI is InChI=1S/C25H24N4O3S/c1-18-8-12-20(13-9-18)29-23(16-32-22-6-4-3-5-7-22)27-28-25(29)33-17-24(30)26-19-10-14-21(31-2)15-11-19/h3-15H,16-17H2,1-2H3,(H,26,30). The summed E-state index contributed by atoms with van der Waals surface area (Å²) in [5, 5.41) is 12.2. The van der Waals surface area contributed by atoms with Gasteiger partial charge in [0.15, 0.2) is 11.0 Å². The molecule has 1 N–H and O–H groups in total. The number of nitrogens with zero attached hydrogens (tertiary/aromatic N) is 3. The fourth-order valence-electron chi connectivity index (χ4n) is 3.11. The van der Waals surface area contributed by atoms with Gasteiger partial charge in [-0.25, -0.2) is 0 Å². The molecule has 0 spiro atoms. The molecule has 0 atom stereocenters. The molecule has 168 valence electrons. The maximum absolute atomic E-state index is 12.5. The third kappa shape index (κ3) is 5.93. The van der Waals surface area contributed by atoms with Crippen LogP contribution in [-0.4, -0.2) is 33.5 Å². The monoisotopic (exact) mass is 460 g/mol. The number of nitrogens with one attached hydrogen (secondary N) is 1. The zero-order chi connectivity index (χ0) is 23.0. The van der Waals surface area contributed by atoms with Gasteiger partial charge in [0.25, 0.3) is 0 Å². The van der Waals surface area contributed by atoms with Crippen molar-refractivity contribution in [2.75, 3.05) is 18.2 Å². The molecule has 33 heavy (non-hydrogen) atoms. The summed E-state index contributed by atoms with van der Waals surface area (Å²) in [4.78, 5) is 12.5. The van der Waals surface area contributed by atoms with Gasteiger partial charge in [-0.2, -0.15) is 0 Å². The van der Waals surface area contributed by atoms with Gasteiger partial charge >= 0.3 is 0 Å². The Labute approximate surface area is 196 Å². The summed E-state index contributed by atoms with van der Waals surface area (Å²) in [6, 6.07) is 24.8. The van der Waals surface area contributed by atoms with Crippen molar-refractivity contribution in [3.8, 4) is 17.2 Å². The molecule has 3 aromatic carbocycles. The van der Waals surface area contributed by atoms with Crippen molar-refractivity contribution in [2.24, 2.45) is 0 Å². The van der Waals surface area contributed by atoms with Crippen molar-refractivity contribution in [3.05, 3.63) is 90.3 Å². The molecule has 0 unspecified atom stereocenters. The van der Waals surface area contributed by atoms with Gasteiger partial charge in [-0.05, 0) is 55.5 Å². The molecule has 1 heterocycles. The summed E-state index contributed by atoms with van der Waals surface area (Å²) in [5.74, 6) is 2.20. The molecular weight excluding hydrogens is 436 g/mol. The van der Waals surface area contributed by atoms with Crippen LogP contribution in [0.2, 0.25) is 0 Å². The average Bonchev–Trinajstić information content (AvgIpc) is 3.26. The number of hydrogen-bond acceptors (Lipinski definition) is 6. The van der Waals surface area contributed by atoms with E-state index in [1.54, 1.807) is 31.4 Å². The van der Waals surface area contributed by atoms with E-state index in [9.17, 15) is 4.79 Å². The zero-order valence-corrected chi connectivity index (χ0v) is 19.2. The number of hydrogen-bond donors (Lipinski definition) is 1. The van der Waals surface area contributed by atoms with E-state index in [2.05, 4.69) is 15.5 Å². The molecule has 0 aliphatic heterocycles. The summed E-state index contributed by atoms with van der Waals surface area (Å²) in [6.45, 7) is 2.29. The number of ether oxygens (including phenoxy) is 2. The summed E-state index contributed by atoms with van der Waals surface area (Å²) in [7, 11) is 1.60. The number of carbonyl (C=O) groups excluding carboxylic acids is 1. The van der Waals surface area contributed by atoms with E-state index in [1.807, 2.05) is 66.1 Å². The lowest BCUT2D eigenvalue weighted by Crippen LogP contribution is -2.14. The summed E-state index contributed by atoms with van der Waals surface area (Å²) in [6.07, 6.45) is 0. The van der Waals surface area contributed by atoms with Gasteiger partial charge in [-0.3, -0.25) is 9.36 Å². The SMILES string of the molecule is COc1ccc(NC(=O)CSc2nnc(COc3ccccc3)n2-c2ccc(C)cc2)cc1. The Morgan fingerprint density at radius 1 is 0.939 bits per heavy atom. The molecule has 0 saturated carbocycles. The molecule has 0 aliphatic carbocycles. The number of carbonyl (C=O) groups is 1. The van der Waals surface area contributed by atoms with Crippen molar-refractivity contribution < 1.29 is 14.3 Å². The van der Waals surface area contributed by atoms with Crippen molar-refractivity contribution in [3.63, 3.8) is 0 Å². The molecule has 0 radical (unpaired) electrons. The maximum Gasteiger partial charge on any atom is 0.234 e. The minimum absolute atomic E-state index is 0.134. The maximum atomic E-state index is 12.5. The highest BCUT2D eigenvalue weighted by Crippen LogP contribution is 2.24. The van der Waals surface area contributed by atoms with Gasteiger partial charge in [0.1, 0.15) is 18.1 Å². The predicted molar refractivity (Wildman–Crippen MR) is 129 cm³/mol. The van der Waals surface area contributed by atoms with E-state index in [0.29, 0.717) is 16.7 Å². The van der Waals surface area contributed by atoms with Gasteiger partial charge in [0.05, 0.1) is 12.9 Å². The molecule has 4 aromatic rings. The first-order valence-corrected chi connectivity index (χ1v) is 11.4. The van der Waals surface area contributed by atoms with Crippen LogP contribution in [0.1, 0.15) is 11.4 Å². The van der Waals surface area contributed by atoms with E-state index in [1.165, 1.54) is 11.8 Å². The van der Waals surface area contributed by atoms with Crippen LogP contribution in [0.5, 0.6) is 11.5 Å². The number of amides is 1. The van der Waals surface area contributed by atoms with Crippen LogP contribution in [-0.2, 0) is 11.4 Å². The van der Waals surface area contributed by atoms with Crippen molar-refractivity contribution in [1.82, 2.24) is 14.8 Å². The number of anilines is 1. The quantitative estimate of drug-likeness (QED) is 0.358. The number of benzene rings is 3. The lowest BCUT2D eigenvalue weighted by Gasteiger charge is -2.12. The van der Waals surface area contributed by atoms with Gasteiger partial charge in [0.2, 0.25) is 5.91 Å². The Morgan fingerprint density at radius 2 is 1.67 bits per heavy atom. The van der Waals surface area contributed by atoms with E-state index >= 15 is 0 Å². The largest absolute Gasteiger partial charge is 0.497 e. The zero-order valence-electron chi connectivity index (χ0n) is 18.4. The van der Waals surface area contributed by atoms with Crippen molar-refractivity contribution in [1.29, 1.82) is 0 Å². The number of rotatable bonds is 9. The Balaban J connectivity index is 1.48. The van der Waals surface area contributed by atoms with Gasteiger partial charge in [0, 0.05) is 11.4 Å². The molecule has 1 amide bonds. The third-order valence-electron chi connectivity index (χ3n) is 4.81. The Hall–Kier alpha value is -3.78. The molecule has 8 heteroatoms. The van der Waals surface area contributed by atoms with E-state index < -0.39 is 0 Å². The fourth-order valence-corrected chi connectivity index (χ4v) is 3.88. The molecular formula is C25H24N4O3S. The molecule has 0 fully saturated rings. The lowest BCUT2D eigenvalue weighted by atomic mass is 10.2. The molecule has 0 saturated heterocycles. The van der Waals surface area contributed by atoms with Crippen LogP contribution in [0.3, 0.4) is 0 Å². The Morgan fingerprint density at radius 3 is 2.36 bits per heavy atom. The second kappa shape index (κ2) is 10.7. The number of aryl methyl sites for hydroxylation is 1. The number of methoxy groups -OCH3 is 1. The van der Waals surface area contributed by atoms with E-state index in [-0.39, 0.29) is 18.3 Å². The van der Waals surface area contributed by atoms with Crippen LogP contribution in [0.25, 0.3) is 5.69 Å². The van der Waals surface area contributed by atoms with Crippen LogP contribution in [0.4, 0.5) is 5.69 Å². The fraction of sp³-hybridized carbons (Fsp3) is 0.160. The van der Waals surface area contributed by atoms with Gasteiger partial charge in [-0.15, -0.1) is 10.2 Å². The third-order valence-corrected chi connectivity index (χ3v) is 5.74. The second-order valence-electron chi connectivity index (χ2n) is 7.24. The highest BCUT2D eigenvalue weighted by atomic mass is 32.2. The topological polar surface area (TPSA) is 78.3 Å². The minimum atomic E-state index is -0.134. The summed E-state index contributed by atoms with van der Waals surface area (Å²) in [5.41, 5.74) is 2.77. The molecule has 4 rings (SSSR count). The Kier molecular flexibility index (Phi) is 7.26. The van der Waals surface area contributed by atoms with Crippen LogP contribution in [0, 0.1) is 6.92 Å². The number of thioether (sulfide) groups is 1. The first-order chi connectivity index (χ1) is 16.1.